The number of ether oxygens (including phenoxy) is 6. The molecule has 7 fully saturated rings. The van der Waals surface area contributed by atoms with Crippen molar-refractivity contribution in [3.05, 3.63) is 0 Å². The lowest BCUT2D eigenvalue weighted by molar-refractivity contribution is -0.216. The van der Waals surface area contributed by atoms with Gasteiger partial charge in [0, 0.05) is 23.7 Å². The predicted molar refractivity (Wildman–Crippen MR) is 80.5 cm³/mol. The Kier molecular flexibility index (Phi) is 2.95. The van der Waals surface area contributed by atoms with Crippen molar-refractivity contribution in [2.24, 2.45) is 23.7 Å². The van der Waals surface area contributed by atoms with Gasteiger partial charge < -0.3 is 28.4 Å². The van der Waals surface area contributed by atoms with Gasteiger partial charge in [0.05, 0.1) is 26.4 Å². The van der Waals surface area contributed by atoms with Crippen molar-refractivity contribution in [3.63, 3.8) is 0 Å². The summed E-state index contributed by atoms with van der Waals surface area (Å²) in [6.07, 6.45) is -16.8. The predicted octanol–water partition coefficient (Wildman–Crippen LogP) is 0.513. The van der Waals surface area contributed by atoms with Gasteiger partial charge in [-0.2, -0.15) is 26.3 Å². The molecule has 6 heterocycles. The fourth-order valence-electron chi connectivity index (χ4n) is 8.00. The first kappa shape index (κ1) is 19.8. The molecule has 12 atom stereocenters. The van der Waals surface area contributed by atoms with Crippen molar-refractivity contribution >= 4 is 11.9 Å². The van der Waals surface area contributed by atoms with E-state index in [9.17, 15) is 35.9 Å². The lowest BCUT2D eigenvalue weighted by Gasteiger charge is -2.48. The van der Waals surface area contributed by atoms with E-state index in [0.29, 0.717) is 0 Å². The second kappa shape index (κ2) is 4.77. The average Bonchev–Trinajstić information content (AvgIpc) is 3.25. The highest BCUT2D eigenvalue weighted by atomic mass is 19.4. The Morgan fingerprint density at radius 2 is 1.12 bits per heavy atom. The smallest absolute Gasteiger partial charge is 0.423 e. The van der Waals surface area contributed by atoms with Gasteiger partial charge in [-0.05, 0) is 0 Å². The summed E-state index contributed by atoms with van der Waals surface area (Å²) in [5.41, 5.74) is -10.7. The van der Waals surface area contributed by atoms with Crippen molar-refractivity contribution < 1.29 is 64.4 Å². The van der Waals surface area contributed by atoms with E-state index in [1.54, 1.807) is 0 Å². The molecule has 4 bridgehead atoms. The van der Waals surface area contributed by atoms with Crippen LogP contribution < -0.4 is 0 Å². The molecule has 8 nitrogen and oxygen atoms in total. The molecule has 0 spiro atoms. The van der Waals surface area contributed by atoms with Gasteiger partial charge in [0.2, 0.25) is 22.4 Å². The zero-order chi connectivity index (χ0) is 23.0. The van der Waals surface area contributed by atoms with Gasteiger partial charge in [0.15, 0.2) is 0 Å². The fraction of sp³-hybridized carbons (Fsp3) is 0.889. The molecule has 7 aliphatic rings. The van der Waals surface area contributed by atoms with Gasteiger partial charge in [0.25, 0.3) is 0 Å². The molecule has 1 saturated carbocycles. The standard InChI is InChI=1S/C18H14F6O8/c1-27-11(25)13-5-6(14(13,31-13)12(26)28-2)8-4-3(7(5)29-8)9-15(17(19,20)21)16(32-15,10(4)30-9)18(22,23)24/h3-10H,1-2H3/t3-,4+,5+,6-,7-,8+,9+,10-,13-,14+,15+,16-. The molecule has 0 unspecified atom stereocenters. The number of epoxide rings is 2. The Labute approximate surface area is 174 Å². The lowest BCUT2D eigenvalue weighted by Crippen LogP contribution is -2.71. The largest absolute Gasteiger partial charge is 0.467 e. The minimum Gasteiger partial charge on any atom is -0.467 e. The number of alkyl halides is 6. The monoisotopic (exact) mass is 472 g/mol. The SMILES string of the molecule is COC(=O)[C@]12O[C@@]1(C(=O)OC)[C@@H]1[C@@H]3O[C@@H]([C@@H]4[C@H]3[C@@H]3O[C@H]4[C@@]4(C(F)(F)F)O[C@@]34C(F)(F)F)[C@@H]12. The number of hydrogen-bond acceptors (Lipinski definition) is 8. The number of halogens is 6. The quantitative estimate of drug-likeness (QED) is 0.249. The molecule has 7 rings (SSSR count). The molecule has 0 amide bonds. The summed E-state index contributed by atoms with van der Waals surface area (Å²) in [6, 6.07) is 0. The highest BCUT2D eigenvalue weighted by Crippen LogP contribution is 2.85. The topological polar surface area (TPSA) is 96.1 Å². The molecule has 32 heavy (non-hydrogen) atoms. The van der Waals surface area contributed by atoms with Crippen LogP contribution >= 0.6 is 0 Å². The highest BCUT2D eigenvalue weighted by molar-refractivity contribution is 6.02. The van der Waals surface area contributed by atoms with Gasteiger partial charge in [-0.3, -0.25) is 0 Å². The summed E-state index contributed by atoms with van der Waals surface area (Å²) in [6.45, 7) is 0. The highest BCUT2D eigenvalue weighted by Gasteiger charge is 3.08. The average molecular weight is 472 g/mol. The van der Waals surface area contributed by atoms with Crippen molar-refractivity contribution in [2.75, 3.05) is 14.2 Å². The maximum atomic E-state index is 14.0. The second-order valence-corrected chi connectivity index (χ2v) is 9.37. The van der Waals surface area contributed by atoms with E-state index < -0.39 is 94.8 Å². The van der Waals surface area contributed by atoms with Crippen LogP contribution in [0.1, 0.15) is 0 Å². The minimum absolute atomic E-state index is 0.882. The van der Waals surface area contributed by atoms with Crippen LogP contribution in [0, 0.1) is 23.7 Å². The third-order valence-electron chi connectivity index (χ3n) is 8.83. The van der Waals surface area contributed by atoms with E-state index in [0.717, 1.165) is 14.2 Å². The molecule has 6 aliphatic heterocycles. The normalized spacial score (nSPS) is 59.5. The number of carbonyl (C=O) groups excluding carboxylic acids is 2. The van der Waals surface area contributed by atoms with Gasteiger partial charge in [-0.1, -0.05) is 0 Å². The van der Waals surface area contributed by atoms with Gasteiger partial charge in [0.1, 0.15) is 12.2 Å². The van der Waals surface area contributed by atoms with E-state index in [-0.39, 0.29) is 0 Å². The van der Waals surface area contributed by atoms with Crippen molar-refractivity contribution in [1.29, 1.82) is 0 Å². The molecular formula is C18H14F6O8. The lowest BCUT2D eigenvalue weighted by atomic mass is 9.46. The second-order valence-electron chi connectivity index (χ2n) is 9.37. The Morgan fingerprint density at radius 3 is 1.47 bits per heavy atom. The first-order chi connectivity index (χ1) is 14.8. The van der Waals surface area contributed by atoms with E-state index in [4.69, 9.17) is 23.7 Å². The van der Waals surface area contributed by atoms with Crippen molar-refractivity contribution in [3.8, 4) is 0 Å². The third-order valence-corrected chi connectivity index (χ3v) is 8.83. The maximum Gasteiger partial charge on any atom is 0.423 e. The molecular weight excluding hydrogens is 458 g/mol. The molecule has 176 valence electrons. The zero-order valence-electron chi connectivity index (χ0n) is 16.2. The van der Waals surface area contributed by atoms with Crippen LogP contribution in [0.4, 0.5) is 26.3 Å². The number of methoxy groups -OCH3 is 2. The van der Waals surface area contributed by atoms with Crippen LogP contribution in [-0.4, -0.2) is 85.3 Å². The summed E-state index contributed by atoms with van der Waals surface area (Å²) in [7, 11) is 2.11. The number of fused-ring (bicyclic) bond motifs is 18. The van der Waals surface area contributed by atoms with Crippen LogP contribution in [0.2, 0.25) is 0 Å². The van der Waals surface area contributed by atoms with Crippen LogP contribution in [0.5, 0.6) is 0 Å². The van der Waals surface area contributed by atoms with E-state index in [2.05, 4.69) is 4.74 Å². The number of esters is 2. The first-order valence-electron chi connectivity index (χ1n) is 9.85. The zero-order valence-corrected chi connectivity index (χ0v) is 16.2. The Hall–Kier alpha value is -1.64. The molecule has 0 radical (unpaired) electrons. The number of carbonyl (C=O) groups is 2. The van der Waals surface area contributed by atoms with Crippen LogP contribution in [0.3, 0.4) is 0 Å². The van der Waals surface area contributed by atoms with Gasteiger partial charge in [-0.15, -0.1) is 0 Å². The molecule has 1 aliphatic carbocycles. The molecule has 14 heteroatoms. The maximum absolute atomic E-state index is 14.0. The molecule has 0 aromatic carbocycles. The summed E-state index contributed by atoms with van der Waals surface area (Å²) >= 11 is 0. The van der Waals surface area contributed by atoms with Gasteiger partial charge in [-0.25, -0.2) is 9.59 Å². The van der Waals surface area contributed by atoms with Crippen LogP contribution in [-0.2, 0) is 38.0 Å². The van der Waals surface area contributed by atoms with E-state index >= 15 is 0 Å². The molecule has 0 aromatic rings. The first-order valence-corrected chi connectivity index (χ1v) is 9.85. The minimum atomic E-state index is -5.35. The summed E-state index contributed by atoms with van der Waals surface area (Å²) in [5, 5.41) is 0. The number of rotatable bonds is 2. The third kappa shape index (κ3) is 1.42. The van der Waals surface area contributed by atoms with E-state index in [1.165, 1.54) is 0 Å². The molecule has 0 aromatic heterocycles. The Balaban J connectivity index is 1.34. The summed E-state index contributed by atoms with van der Waals surface area (Å²) in [5.74, 6) is -5.84. The molecule has 6 saturated heterocycles. The van der Waals surface area contributed by atoms with Crippen LogP contribution in [0.15, 0.2) is 0 Å². The summed E-state index contributed by atoms with van der Waals surface area (Å²) in [4.78, 5) is 25.1. The molecule has 0 N–H and O–H groups in total. The van der Waals surface area contributed by atoms with Gasteiger partial charge >= 0.3 is 24.3 Å². The van der Waals surface area contributed by atoms with Crippen molar-refractivity contribution in [1.82, 2.24) is 0 Å². The number of hydrogen-bond donors (Lipinski definition) is 0. The van der Waals surface area contributed by atoms with E-state index in [1.807, 2.05) is 0 Å². The Morgan fingerprint density at radius 1 is 0.719 bits per heavy atom. The Bertz CT molecular complexity index is 925. The van der Waals surface area contributed by atoms with Crippen molar-refractivity contribution in [2.45, 2.75) is 59.2 Å². The van der Waals surface area contributed by atoms with Crippen LogP contribution in [0.25, 0.3) is 0 Å². The summed E-state index contributed by atoms with van der Waals surface area (Å²) < 4.78 is 115. The fourth-order valence-corrected chi connectivity index (χ4v) is 8.00.